The maximum atomic E-state index is 12.6. The van der Waals surface area contributed by atoms with Crippen molar-refractivity contribution in [3.05, 3.63) is 35.9 Å². The monoisotopic (exact) mass is 336 g/mol. The van der Waals surface area contributed by atoms with Gasteiger partial charge in [0.15, 0.2) is 0 Å². The van der Waals surface area contributed by atoms with Gasteiger partial charge in [-0.3, -0.25) is 4.79 Å². The zero-order chi connectivity index (χ0) is 18.3. The minimum absolute atomic E-state index is 0.189. The number of amides is 2. The summed E-state index contributed by atoms with van der Waals surface area (Å²) in [5.74, 6) is -0.273. The summed E-state index contributed by atoms with van der Waals surface area (Å²) in [4.78, 5) is 26.0. The number of aliphatic hydroxyl groups excluding tert-OH is 1. The van der Waals surface area contributed by atoms with E-state index in [2.05, 4.69) is 5.32 Å². The summed E-state index contributed by atoms with van der Waals surface area (Å²) in [7, 11) is 0. The second-order valence-electron chi connectivity index (χ2n) is 6.92. The van der Waals surface area contributed by atoms with Gasteiger partial charge in [0.2, 0.25) is 5.91 Å². The van der Waals surface area contributed by atoms with Crippen LogP contribution in [0.25, 0.3) is 0 Å². The summed E-state index contributed by atoms with van der Waals surface area (Å²) in [6, 6.07) is 8.76. The van der Waals surface area contributed by atoms with Crippen molar-refractivity contribution in [3.63, 3.8) is 0 Å². The second-order valence-corrected chi connectivity index (χ2v) is 6.92. The molecule has 0 saturated heterocycles. The number of nitrogens with zero attached hydrogens (tertiary/aromatic N) is 1. The molecule has 2 amide bonds. The van der Waals surface area contributed by atoms with Crippen molar-refractivity contribution in [2.75, 3.05) is 6.54 Å². The van der Waals surface area contributed by atoms with Crippen LogP contribution in [-0.2, 0) is 16.1 Å². The third kappa shape index (κ3) is 7.46. The lowest BCUT2D eigenvalue weighted by molar-refractivity contribution is -0.135. The van der Waals surface area contributed by atoms with Gasteiger partial charge in [-0.1, -0.05) is 30.3 Å². The Hall–Kier alpha value is -2.08. The Bertz CT molecular complexity index is 538. The molecule has 1 rings (SSSR count). The van der Waals surface area contributed by atoms with Gasteiger partial charge in [-0.2, -0.15) is 0 Å². The summed E-state index contributed by atoms with van der Waals surface area (Å²) >= 11 is 0. The van der Waals surface area contributed by atoms with E-state index < -0.39 is 23.8 Å². The van der Waals surface area contributed by atoms with Crippen molar-refractivity contribution >= 4 is 12.0 Å². The maximum Gasteiger partial charge on any atom is 0.408 e. The maximum absolute atomic E-state index is 12.6. The Morgan fingerprint density at radius 3 is 2.29 bits per heavy atom. The molecule has 0 aromatic heterocycles. The molecule has 0 radical (unpaired) electrons. The molecule has 0 unspecified atom stereocenters. The molecule has 1 aromatic rings. The predicted octanol–water partition coefficient (Wildman–Crippen LogP) is 2.31. The number of carbonyl (C=O) groups is 2. The summed E-state index contributed by atoms with van der Waals surface area (Å²) in [5.41, 5.74) is 0.326. The number of rotatable bonds is 6. The molecule has 0 fully saturated rings. The summed E-state index contributed by atoms with van der Waals surface area (Å²) in [5, 5.41) is 12.2. The van der Waals surface area contributed by atoms with Gasteiger partial charge in [0.25, 0.3) is 0 Å². The SMILES string of the molecule is C[C@H](NC(=O)OC(C)(C)C)C(=O)N(Cc1ccccc1)C[C@@H](C)O. The van der Waals surface area contributed by atoms with Crippen LogP contribution in [0.4, 0.5) is 4.79 Å². The second kappa shape index (κ2) is 8.68. The van der Waals surface area contributed by atoms with Crippen molar-refractivity contribution in [3.8, 4) is 0 Å². The van der Waals surface area contributed by atoms with Gasteiger partial charge in [-0.25, -0.2) is 4.79 Å². The number of benzene rings is 1. The zero-order valence-corrected chi connectivity index (χ0v) is 15.1. The molecule has 6 nitrogen and oxygen atoms in total. The molecule has 0 aliphatic heterocycles. The molecule has 0 aliphatic rings. The molecule has 24 heavy (non-hydrogen) atoms. The molecule has 0 saturated carbocycles. The third-order valence-corrected chi connectivity index (χ3v) is 3.12. The van der Waals surface area contributed by atoms with Crippen molar-refractivity contribution in [2.24, 2.45) is 0 Å². The van der Waals surface area contributed by atoms with Gasteiger partial charge in [0.05, 0.1) is 6.10 Å². The predicted molar refractivity (Wildman–Crippen MR) is 92.4 cm³/mol. The highest BCUT2D eigenvalue weighted by Crippen LogP contribution is 2.09. The molecule has 1 aromatic carbocycles. The van der Waals surface area contributed by atoms with E-state index in [9.17, 15) is 14.7 Å². The van der Waals surface area contributed by atoms with E-state index >= 15 is 0 Å². The van der Waals surface area contributed by atoms with E-state index in [0.29, 0.717) is 6.54 Å². The van der Waals surface area contributed by atoms with Crippen LogP contribution in [0, 0.1) is 0 Å². The standard InChI is InChI=1S/C18H28N2O4/c1-13(21)11-20(12-15-9-7-6-8-10-15)16(22)14(2)19-17(23)24-18(3,4)5/h6-10,13-14,21H,11-12H2,1-5H3,(H,19,23)/t13-,14+/m1/s1. The van der Waals surface area contributed by atoms with E-state index in [1.165, 1.54) is 4.90 Å². The van der Waals surface area contributed by atoms with Crippen molar-refractivity contribution in [1.29, 1.82) is 0 Å². The first-order valence-corrected chi connectivity index (χ1v) is 8.09. The molecule has 0 heterocycles. The van der Waals surface area contributed by atoms with Gasteiger partial charge >= 0.3 is 6.09 Å². The first-order chi connectivity index (χ1) is 11.1. The van der Waals surface area contributed by atoms with E-state index in [0.717, 1.165) is 5.56 Å². The van der Waals surface area contributed by atoms with E-state index in [4.69, 9.17) is 4.74 Å². The Morgan fingerprint density at radius 2 is 1.79 bits per heavy atom. The molecule has 2 atom stereocenters. The highest BCUT2D eigenvalue weighted by atomic mass is 16.6. The van der Waals surface area contributed by atoms with Crippen LogP contribution in [0.5, 0.6) is 0 Å². The zero-order valence-electron chi connectivity index (χ0n) is 15.1. The quantitative estimate of drug-likeness (QED) is 0.835. The normalized spacial score (nSPS) is 13.8. The highest BCUT2D eigenvalue weighted by molar-refractivity contribution is 5.85. The molecule has 2 N–H and O–H groups in total. The Kier molecular flexibility index (Phi) is 7.22. The fourth-order valence-corrected chi connectivity index (χ4v) is 2.18. The van der Waals surface area contributed by atoms with Gasteiger partial charge in [-0.15, -0.1) is 0 Å². The van der Waals surface area contributed by atoms with Crippen LogP contribution in [-0.4, -0.2) is 46.3 Å². The van der Waals surface area contributed by atoms with Crippen LogP contribution in [0.3, 0.4) is 0 Å². The number of ether oxygens (including phenoxy) is 1. The van der Waals surface area contributed by atoms with Gasteiger partial charge < -0.3 is 20.1 Å². The Balaban J connectivity index is 2.74. The average Bonchev–Trinajstić information content (AvgIpc) is 2.44. The third-order valence-electron chi connectivity index (χ3n) is 3.12. The number of carbonyl (C=O) groups excluding carboxylic acids is 2. The number of aliphatic hydroxyl groups is 1. The first kappa shape index (κ1) is 20.0. The molecule has 6 heteroatoms. The lowest BCUT2D eigenvalue weighted by Gasteiger charge is -2.28. The lowest BCUT2D eigenvalue weighted by Crippen LogP contribution is -2.49. The van der Waals surface area contributed by atoms with Crippen LogP contribution < -0.4 is 5.32 Å². The van der Waals surface area contributed by atoms with Gasteiger partial charge in [0, 0.05) is 13.1 Å². The fourth-order valence-electron chi connectivity index (χ4n) is 2.18. The van der Waals surface area contributed by atoms with Crippen LogP contribution in [0.2, 0.25) is 0 Å². The number of hydrogen-bond donors (Lipinski definition) is 2. The molecule has 0 aliphatic carbocycles. The van der Waals surface area contributed by atoms with E-state index in [-0.39, 0.29) is 12.5 Å². The van der Waals surface area contributed by atoms with Crippen LogP contribution in [0.1, 0.15) is 40.2 Å². The minimum atomic E-state index is -0.748. The molecule has 0 bridgehead atoms. The van der Waals surface area contributed by atoms with Crippen LogP contribution >= 0.6 is 0 Å². The Labute approximate surface area is 143 Å². The largest absolute Gasteiger partial charge is 0.444 e. The number of alkyl carbamates (subject to hydrolysis) is 1. The van der Waals surface area contributed by atoms with Crippen molar-refractivity contribution < 1.29 is 19.4 Å². The number of hydrogen-bond acceptors (Lipinski definition) is 4. The summed E-state index contributed by atoms with van der Waals surface area (Å²) in [6.07, 6.45) is -1.30. The highest BCUT2D eigenvalue weighted by Gasteiger charge is 2.25. The molecular formula is C18H28N2O4. The average molecular weight is 336 g/mol. The van der Waals surface area contributed by atoms with E-state index in [1.807, 2.05) is 30.3 Å². The van der Waals surface area contributed by atoms with Gasteiger partial charge in [-0.05, 0) is 40.2 Å². The van der Waals surface area contributed by atoms with Crippen LogP contribution in [0.15, 0.2) is 30.3 Å². The van der Waals surface area contributed by atoms with Crippen molar-refractivity contribution in [1.82, 2.24) is 10.2 Å². The Morgan fingerprint density at radius 1 is 1.21 bits per heavy atom. The summed E-state index contributed by atoms with van der Waals surface area (Å²) in [6.45, 7) is 9.05. The lowest BCUT2D eigenvalue weighted by atomic mass is 10.2. The first-order valence-electron chi connectivity index (χ1n) is 8.09. The number of nitrogens with one attached hydrogen (secondary N) is 1. The molecule has 134 valence electrons. The molecular weight excluding hydrogens is 308 g/mol. The summed E-state index contributed by atoms with van der Waals surface area (Å²) < 4.78 is 5.17. The molecule has 0 spiro atoms. The van der Waals surface area contributed by atoms with Crippen molar-refractivity contribution in [2.45, 2.75) is 58.9 Å². The topological polar surface area (TPSA) is 78.9 Å². The van der Waals surface area contributed by atoms with E-state index in [1.54, 1.807) is 34.6 Å². The minimum Gasteiger partial charge on any atom is -0.444 e. The van der Waals surface area contributed by atoms with Gasteiger partial charge in [0.1, 0.15) is 11.6 Å². The fraction of sp³-hybridized carbons (Fsp3) is 0.556. The smallest absolute Gasteiger partial charge is 0.408 e.